The summed E-state index contributed by atoms with van der Waals surface area (Å²) in [7, 11) is 0. The summed E-state index contributed by atoms with van der Waals surface area (Å²) in [6.45, 7) is 11.0. The van der Waals surface area contributed by atoms with Crippen molar-refractivity contribution >= 4 is 17.7 Å². The molecule has 0 unspecified atom stereocenters. The van der Waals surface area contributed by atoms with Crippen molar-refractivity contribution in [3.05, 3.63) is 46.6 Å². The van der Waals surface area contributed by atoms with E-state index >= 15 is 0 Å². The second kappa shape index (κ2) is 6.14. The van der Waals surface area contributed by atoms with Crippen LogP contribution in [-0.4, -0.2) is 29.9 Å². The first-order chi connectivity index (χ1) is 11.8. The van der Waals surface area contributed by atoms with Crippen molar-refractivity contribution in [2.45, 2.75) is 46.3 Å². The highest BCUT2D eigenvalue weighted by Crippen LogP contribution is 2.48. The molecule has 1 aliphatic heterocycles. The van der Waals surface area contributed by atoms with Gasteiger partial charge in [-0.1, -0.05) is 23.8 Å². The van der Waals surface area contributed by atoms with Crippen molar-refractivity contribution in [3.8, 4) is 0 Å². The fourth-order valence-electron chi connectivity index (χ4n) is 3.97. The van der Waals surface area contributed by atoms with Gasteiger partial charge < -0.3 is 9.47 Å². The van der Waals surface area contributed by atoms with Gasteiger partial charge in [0, 0.05) is 29.1 Å². The third-order valence-electron chi connectivity index (χ3n) is 5.40. The highest BCUT2D eigenvalue weighted by molar-refractivity contribution is 6.09. The molecule has 0 aromatic rings. The molecule has 0 N–H and O–H groups in total. The third-order valence-corrected chi connectivity index (χ3v) is 5.40. The Morgan fingerprint density at radius 3 is 2.68 bits per heavy atom. The Bertz CT molecular complexity index is 780. The molecule has 0 amide bonds. The molecule has 0 bridgehead atoms. The first-order valence-electron chi connectivity index (χ1n) is 8.42. The molecule has 5 nitrogen and oxygen atoms in total. The number of ketones is 1. The van der Waals surface area contributed by atoms with Gasteiger partial charge >= 0.3 is 11.9 Å². The van der Waals surface area contributed by atoms with Crippen molar-refractivity contribution < 1.29 is 23.9 Å². The maximum atomic E-state index is 12.4. The second-order valence-corrected chi connectivity index (χ2v) is 6.96. The highest BCUT2D eigenvalue weighted by Gasteiger charge is 2.53. The summed E-state index contributed by atoms with van der Waals surface area (Å²) < 4.78 is 11.3. The van der Waals surface area contributed by atoms with Crippen LogP contribution in [0.3, 0.4) is 0 Å². The third kappa shape index (κ3) is 2.68. The molecule has 0 saturated carbocycles. The number of carbonyl (C=O) groups excluding carboxylic acids is 3. The van der Waals surface area contributed by atoms with Crippen LogP contribution in [0.4, 0.5) is 0 Å². The summed E-state index contributed by atoms with van der Waals surface area (Å²) in [5, 5.41) is 0. The molecule has 132 valence electrons. The Hall–Kier alpha value is -2.43. The van der Waals surface area contributed by atoms with Crippen LogP contribution in [0.25, 0.3) is 0 Å². The van der Waals surface area contributed by atoms with Gasteiger partial charge in [-0.05, 0) is 33.8 Å². The zero-order valence-electron chi connectivity index (χ0n) is 14.9. The number of carbonyl (C=O) groups is 3. The van der Waals surface area contributed by atoms with Gasteiger partial charge in [-0.15, -0.1) is 0 Å². The molecular weight excluding hydrogens is 320 g/mol. The van der Waals surface area contributed by atoms with Gasteiger partial charge in [0.15, 0.2) is 5.78 Å². The van der Waals surface area contributed by atoms with Gasteiger partial charge in [0.25, 0.3) is 0 Å². The van der Waals surface area contributed by atoms with E-state index in [4.69, 9.17) is 9.47 Å². The molecule has 3 aliphatic rings. The minimum Gasteiger partial charge on any atom is -0.458 e. The molecule has 0 spiro atoms. The zero-order valence-corrected chi connectivity index (χ0v) is 14.9. The average molecular weight is 342 g/mol. The molecule has 0 aromatic carbocycles. The van der Waals surface area contributed by atoms with Crippen molar-refractivity contribution in [1.82, 2.24) is 0 Å². The van der Waals surface area contributed by atoms with Crippen molar-refractivity contribution in [2.75, 3.05) is 0 Å². The molecule has 5 heteroatoms. The maximum absolute atomic E-state index is 12.4. The average Bonchev–Trinajstić information content (AvgIpc) is 2.96. The summed E-state index contributed by atoms with van der Waals surface area (Å²) in [5.74, 6) is -1.70. The number of rotatable bonds is 2. The fourth-order valence-corrected chi connectivity index (χ4v) is 3.97. The smallest absolute Gasteiger partial charge is 0.334 e. The lowest BCUT2D eigenvalue weighted by Crippen LogP contribution is -2.36. The van der Waals surface area contributed by atoms with E-state index in [0.717, 1.165) is 11.1 Å². The lowest BCUT2D eigenvalue weighted by Gasteiger charge is -2.28. The number of esters is 2. The molecule has 1 saturated heterocycles. The number of hydrogen-bond acceptors (Lipinski definition) is 5. The maximum Gasteiger partial charge on any atom is 0.334 e. The van der Waals surface area contributed by atoms with Gasteiger partial charge in [0.05, 0.1) is 5.92 Å². The molecule has 1 fully saturated rings. The molecule has 0 radical (unpaired) electrons. The topological polar surface area (TPSA) is 69.7 Å². The number of ether oxygens (including phenoxy) is 2. The molecule has 0 aromatic heterocycles. The van der Waals surface area contributed by atoms with Crippen LogP contribution in [0.2, 0.25) is 0 Å². The Balaban J connectivity index is 2.04. The van der Waals surface area contributed by atoms with E-state index in [-0.39, 0.29) is 11.7 Å². The van der Waals surface area contributed by atoms with E-state index in [1.54, 1.807) is 26.0 Å². The van der Waals surface area contributed by atoms with Crippen molar-refractivity contribution in [3.63, 3.8) is 0 Å². The largest absolute Gasteiger partial charge is 0.458 e. The van der Waals surface area contributed by atoms with Crippen LogP contribution in [0, 0.1) is 11.8 Å². The first kappa shape index (κ1) is 17.4. The zero-order chi connectivity index (χ0) is 18.5. The Morgan fingerprint density at radius 2 is 2.04 bits per heavy atom. The van der Waals surface area contributed by atoms with Crippen LogP contribution in [-0.2, 0) is 23.9 Å². The summed E-state index contributed by atoms with van der Waals surface area (Å²) in [6, 6.07) is 0. The van der Waals surface area contributed by atoms with Gasteiger partial charge in [0.2, 0.25) is 0 Å². The Kier molecular flexibility index (Phi) is 4.27. The van der Waals surface area contributed by atoms with E-state index in [1.807, 2.05) is 13.8 Å². The molecule has 3 rings (SSSR count). The summed E-state index contributed by atoms with van der Waals surface area (Å²) in [5.41, 5.74) is 3.21. The SMILES string of the molecule is C=C1C(=O)O[C@H]2[C@@H]3C(C)=CC(=O)C3=C(C)C[C@H](OC(=O)/C(C)=C\C)[C@H]12. The molecule has 4 atom stereocenters. The highest BCUT2D eigenvalue weighted by atomic mass is 16.6. The number of hydrogen-bond donors (Lipinski definition) is 0. The van der Waals surface area contributed by atoms with Gasteiger partial charge in [-0.2, -0.15) is 0 Å². The number of fused-ring (bicyclic) bond motifs is 3. The lowest BCUT2D eigenvalue weighted by molar-refractivity contribution is -0.148. The van der Waals surface area contributed by atoms with E-state index in [2.05, 4.69) is 6.58 Å². The second-order valence-electron chi connectivity index (χ2n) is 6.96. The van der Waals surface area contributed by atoms with Crippen molar-refractivity contribution in [2.24, 2.45) is 11.8 Å². The van der Waals surface area contributed by atoms with Crippen molar-refractivity contribution in [1.29, 1.82) is 0 Å². The molecule has 2 aliphatic carbocycles. The predicted octanol–water partition coefficient (Wildman–Crippen LogP) is 2.83. The minimum atomic E-state index is -0.579. The molecule has 25 heavy (non-hydrogen) atoms. The first-order valence-corrected chi connectivity index (χ1v) is 8.42. The van der Waals surface area contributed by atoms with Gasteiger partial charge in [-0.25, -0.2) is 9.59 Å². The van der Waals surface area contributed by atoms with E-state index in [0.29, 0.717) is 23.1 Å². The normalized spacial score (nSPS) is 32.1. The predicted molar refractivity (Wildman–Crippen MR) is 91.4 cm³/mol. The monoisotopic (exact) mass is 342 g/mol. The van der Waals surface area contributed by atoms with Crippen LogP contribution in [0.5, 0.6) is 0 Å². The standard InChI is InChI=1S/C20H22O5/c1-6-9(2)19(22)24-14-8-11(4)15-13(21)7-10(3)16(15)18-17(14)12(5)20(23)25-18/h6-7,14,16-18H,5,8H2,1-4H3/b9-6-/t14-,16+,17-,18-/m0/s1. The minimum absolute atomic E-state index is 0.0519. The fraction of sp³-hybridized carbons (Fsp3) is 0.450. The van der Waals surface area contributed by atoms with Gasteiger partial charge in [-0.3, -0.25) is 4.79 Å². The molecule has 1 heterocycles. The van der Waals surface area contributed by atoms with E-state index in [1.165, 1.54) is 0 Å². The lowest BCUT2D eigenvalue weighted by atomic mass is 9.82. The summed E-state index contributed by atoms with van der Waals surface area (Å²) in [6.07, 6.45) is 2.53. The van der Waals surface area contributed by atoms with Crippen LogP contribution in [0.1, 0.15) is 34.1 Å². The Morgan fingerprint density at radius 1 is 1.36 bits per heavy atom. The number of allylic oxidation sites excluding steroid dienone is 2. The summed E-state index contributed by atoms with van der Waals surface area (Å²) >= 11 is 0. The van der Waals surface area contributed by atoms with E-state index < -0.39 is 30.1 Å². The Labute approximate surface area is 147 Å². The van der Waals surface area contributed by atoms with Gasteiger partial charge in [0.1, 0.15) is 12.2 Å². The van der Waals surface area contributed by atoms with Crippen LogP contribution in [0.15, 0.2) is 46.6 Å². The summed E-state index contributed by atoms with van der Waals surface area (Å²) in [4.78, 5) is 36.8. The molecular formula is C20H22O5. The quantitative estimate of drug-likeness (QED) is 0.570. The van der Waals surface area contributed by atoms with Crippen LogP contribution >= 0.6 is 0 Å². The van der Waals surface area contributed by atoms with Crippen LogP contribution < -0.4 is 0 Å². The van der Waals surface area contributed by atoms with E-state index in [9.17, 15) is 14.4 Å².